The predicted octanol–water partition coefficient (Wildman–Crippen LogP) is 20.0. The van der Waals surface area contributed by atoms with Crippen molar-refractivity contribution in [3.8, 4) is 65.3 Å². The van der Waals surface area contributed by atoms with E-state index in [2.05, 4.69) is 100 Å². The molecule has 0 aliphatic heterocycles. The van der Waals surface area contributed by atoms with Crippen molar-refractivity contribution in [2.24, 2.45) is 0 Å². The second-order valence-corrected chi connectivity index (χ2v) is 31.0. The maximum absolute atomic E-state index is 13.6. The van der Waals surface area contributed by atoms with Crippen LogP contribution in [0.2, 0.25) is 0 Å². The van der Waals surface area contributed by atoms with Crippen LogP contribution in [0.25, 0.3) is 42.3 Å². The van der Waals surface area contributed by atoms with Crippen LogP contribution in [0, 0.1) is 68.3 Å². The Balaban J connectivity index is 0.000000174. The van der Waals surface area contributed by atoms with Crippen molar-refractivity contribution in [3.05, 3.63) is 217 Å². The number of nitrogens with zero attached hydrogens (tertiary/aromatic N) is 13. The number of hydrogen-bond acceptors (Lipinski definition) is 23. The Morgan fingerprint density at radius 1 is 0.430 bits per heavy atom. The SMILES string of the molecule is CCCCN(C(=O)c1ccccn1)c1nnc(-c2cc(C)c(OC)c(C)c2)s1.CCCCN(C(=O)c1cccnc1)c1nnc(-c2cc(C)c(OC)c(C)c2)s1.CCCCc1ccc(F)nc1C(=O)Nc1nnc(-c2cc(C)c(OC)c(C)c2)s1.CCCCc1cccc(C(=O)Nc2nnc(-c3cc(C)c(OC)c(C)c3)s2)c1C. The molecule has 7 heterocycles. The molecule has 0 aliphatic carbocycles. The van der Waals surface area contributed by atoms with Crippen LogP contribution >= 0.6 is 45.3 Å². The molecule has 0 radical (unpaired) electrons. The highest BCUT2D eigenvalue weighted by Gasteiger charge is 2.26. The Kier molecular flexibility index (Phi) is 32.0. The molecule has 596 valence electrons. The van der Waals surface area contributed by atoms with Gasteiger partial charge in [-0.1, -0.05) is 123 Å². The summed E-state index contributed by atoms with van der Waals surface area (Å²) in [6, 6.07) is 33.8. The summed E-state index contributed by atoms with van der Waals surface area (Å²) in [5.41, 5.74) is 16.8. The molecule has 0 bridgehead atoms. The Bertz CT molecular complexity index is 5020. The molecule has 12 rings (SSSR count). The van der Waals surface area contributed by atoms with E-state index in [4.69, 9.17) is 18.9 Å². The molecule has 0 unspecified atom stereocenters. The lowest BCUT2D eigenvalue weighted by atomic mass is 9.98. The third kappa shape index (κ3) is 22.4. The number of unbranched alkanes of at least 4 members (excludes halogenated alkanes) is 4. The first-order valence-electron chi connectivity index (χ1n) is 37.7. The summed E-state index contributed by atoms with van der Waals surface area (Å²) in [5, 5.41) is 44.6. The summed E-state index contributed by atoms with van der Waals surface area (Å²) in [7, 11) is 6.66. The van der Waals surface area contributed by atoms with Crippen LogP contribution in [0.15, 0.2) is 128 Å². The van der Waals surface area contributed by atoms with Crippen LogP contribution in [0.4, 0.5) is 24.9 Å². The summed E-state index contributed by atoms with van der Waals surface area (Å²) in [4.78, 5) is 66.9. The number of amides is 4. The minimum Gasteiger partial charge on any atom is -0.496 e. The number of carbonyl (C=O) groups excluding carboxylic acids is 4. The second-order valence-electron chi connectivity index (χ2n) is 27.1. The van der Waals surface area contributed by atoms with Gasteiger partial charge in [0, 0.05) is 59.5 Å². The van der Waals surface area contributed by atoms with Gasteiger partial charge in [-0.3, -0.25) is 49.6 Å². The van der Waals surface area contributed by atoms with E-state index in [1.165, 1.54) is 57.0 Å². The summed E-state index contributed by atoms with van der Waals surface area (Å²) >= 11 is 5.45. The van der Waals surface area contributed by atoms with Gasteiger partial charge in [-0.15, -0.1) is 40.8 Å². The summed E-state index contributed by atoms with van der Waals surface area (Å²) in [6.45, 7) is 27.6. The standard InChI is InChI=1S/C23H27N3O2S.C21H23FN4O2S.2C21H24N4O2S/c1-6-7-9-17-10-8-11-19(16(17)4)21(27)24-23-26-25-22(29-23)18-12-14(2)20(28-5)15(3)13-18;1-5-6-7-14-8-9-16(22)23-17(14)19(27)24-21-26-25-20(29-21)15-10-12(2)18(28-4)13(3)11-15;1-5-6-11-25(20(26)17-9-7-8-10-22-17)21-24-23-19(28-21)16-12-14(2)18(27-4)15(3)13-16;1-5-6-10-25(20(26)16-8-7-9-22-13-16)21-24-23-19(28-21)17-11-14(2)18(27-4)15(3)12-17/h8,10-13H,6-7,9H2,1-5H3,(H,24,26,27);8-11H,5-7H2,1-4H3,(H,24,26,27);7-10,12-13H,5-6,11H2,1-4H3;7-9,11-13H,5-6,10H2,1-4H3. The number of hydrogen-bond donors (Lipinski definition) is 2. The second kappa shape index (κ2) is 42.1. The van der Waals surface area contributed by atoms with E-state index in [-0.39, 0.29) is 23.4 Å². The van der Waals surface area contributed by atoms with Gasteiger partial charge in [-0.2, -0.15) is 4.39 Å². The third-order valence-corrected chi connectivity index (χ3v) is 22.2. The minimum absolute atomic E-state index is 0.0892. The summed E-state index contributed by atoms with van der Waals surface area (Å²) < 4.78 is 35.3. The van der Waals surface area contributed by atoms with Crippen molar-refractivity contribution in [2.75, 3.05) is 62.0 Å². The van der Waals surface area contributed by atoms with Gasteiger partial charge in [-0.05, 0) is 247 Å². The van der Waals surface area contributed by atoms with Gasteiger partial charge in [0.15, 0.2) is 0 Å². The van der Waals surface area contributed by atoms with Gasteiger partial charge in [0.1, 0.15) is 54.4 Å². The molecule has 114 heavy (non-hydrogen) atoms. The first kappa shape index (κ1) is 86.8. The van der Waals surface area contributed by atoms with Crippen molar-refractivity contribution in [2.45, 2.75) is 154 Å². The molecule has 0 spiro atoms. The van der Waals surface area contributed by atoms with Gasteiger partial charge in [-0.25, -0.2) is 4.98 Å². The molecule has 0 saturated heterocycles. The average molecular weight is 1620 g/mol. The minimum atomic E-state index is -0.683. The van der Waals surface area contributed by atoms with Gasteiger partial charge in [0.05, 0.1) is 34.0 Å². The number of aryl methyl sites for hydroxylation is 10. The Morgan fingerprint density at radius 3 is 1.26 bits per heavy atom. The lowest BCUT2D eigenvalue weighted by Gasteiger charge is -2.18. The number of anilines is 4. The molecule has 0 saturated carbocycles. The van der Waals surface area contributed by atoms with Crippen LogP contribution in [0.3, 0.4) is 0 Å². The normalized spacial score (nSPS) is 10.8. The number of benzene rings is 5. The fourth-order valence-electron chi connectivity index (χ4n) is 12.8. The Morgan fingerprint density at radius 2 is 0.851 bits per heavy atom. The highest BCUT2D eigenvalue weighted by Crippen LogP contribution is 2.39. The van der Waals surface area contributed by atoms with Gasteiger partial charge in [0.25, 0.3) is 23.6 Å². The van der Waals surface area contributed by atoms with E-state index in [0.717, 1.165) is 174 Å². The Hall–Kier alpha value is -11.2. The first-order valence-corrected chi connectivity index (χ1v) is 41.0. The molecule has 7 aromatic heterocycles. The number of carbonyl (C=O) groups is 4. The van der Waals surface area contributed by atoms with Crippen LogP contribution < -0.4 is 39.4 Å². The number of ether oxygens (including phenoxy) is 4. The first-order chi connectivity index (χ1) is 55.0. The molecular weight excluding hydrogens is 1520 g/mol. The fraction of sp³-hybridized carbons (Fsp3) is 0.337. The van der Waals surface area contributed by atoms with Crippen molar-refractivity contribution in [3.63, 3.8) is 0 Å². The van der Waals surface area contributed by atoms with E-state index < -0.39 is 11.9 Å². The van der Waals surface area contributed by atoms with Crippen LogP contribution in [-0.2, 0) is 12.8 Å². The molecule has 0 atom stereocenters. The zero-order valence-corrected chi connectivity index (χ0v) is 71.0. The molecule has 2 N–H and O–H groups in total. The molecule has 12 aromatic rings. The largest absolute Gasteiger partial charge is 0.496 e. The number of aromatic nitrogens is 11. The van der Waals surface area contributed by atoms with E-state index in [9.17, 15) is 23.6 Å². The van der Waals surface area contributed by atoms with E-state index in [1.54, 1.807) is 87.2 Å². The molecule has 0 fully saturated rings. The molecule has 23 nitrogen and oxygen atoms in total. The van der Waals surface area contributed by atoms with Gasteiger partial charge >= 0.3 is 0 Å². The summed E-state index contributed by atoms with van der Waals surface area (Å²) in [5.74, 6) is 1.90. The van der Waals surface area contributed by atoms with E-state index in [1.807, 2.05) is 129 Å². The maximum Gasteiger partial charge on any atom is 0.278 e. The molecule has 0 aliphatic rings. The quantitative estimate of drug-likeness (QED) is 0.0431. The van der Waals surface area contributed by atoms with Crippen molar-refractivity contribution >= 4 is 89.5 Å². The number of rotatable bonds is 28. The average Bonchev–Trinajstić information content (AvgIpc) is 1.68. The van der Waals surface area contributed by atoms with Crippen molar-refractivity contribution in [1.82, 2.24) is 55.7 Å². The van der Waals surface area contributed by atoms with Crippen LogP contribution in [-0.4, -0.2) is 121 Å². The van der Waals surface area contributed by atoms with Crippen molar-refractivity contribution in [1.29, 1.82) is 0 Å². The molecular formula is C86H98FN15O8S4. The number of halogens is 1. The zero-order chi connectivity index (χ0) is 82.1. The number of methoxy groups -OCH3 is 4. The number of nitrogens with one attached hydrogen (secondary N) is 2. The molecule has 5 aromatic carbocycles. The van der Waals surface area contributed by atoms with Crippen molar-refractivity contribution < 1.29 is 42.5 Å². The smallest absolute Gasteiger partial charge is 0.278 e. The van der Waals surface area contributed by atoms with E-state index in [0.29, 0.717) is 61.9 Å². The lowest BCUT2D eigenvalue weighted by Crippen LogP contribution is -2.32. The molecule has 28 heteroatoms. The monoisotopic (exact) mass is 1620 g/mol. The Labute approximate surface area is 682 Å². The van der Waals surface area contributed by atoms with Crippen LogP contribution in [0.5, 0.6) is 23.0 Å². The van der Waals surface area contributed by atoms with Gasteiger partial charge < -0.3 is 18.9 Å². The van der Waals surface area contributed by atoms with E-state index >= 15 is 0 Å². The highest BCUT2D eigenvalue weighted by atomic mass is 32.1. The number of pyridine rings is 3. The lowest BCUT2D eigenvalue weighted by molar-refractivity contribution is 0.0975. The van der Waals surface area contributed by atoms with Crippen LogP contribution in [0.1, 0.15) is 182 Å². The molecule has 4 amide bonds. The highest BCUT2D eigenvalue weighted by molar-refractivity contribution is 7.19. The topological polar surface area (TPSA) is 278 Å². The maximum atomic E-state index is 13.6. The summed E-state index contributed by atoms with van der Waals surface area (Å²) in [6.07, 6.45) is 14.4. The third-order valence-electron chi connectivity index (χ3n) is 18.4. The fourth-order valence-corrected chi connectivity index (χ4v) is 16.0. The predicted molar refractivity (Wildman–Crippen MR) is 456 cm³/mol. The zero-order valence-electron chi connectivity index (χ0n) is 67.7. The van der Waals surface area contributed by atoms with Gasteiger partial charge in [0.2, 0.25) is 26.5 Å².